The van der Waals surface area contributed by atoms with E-state index in [4.69, 9.17) is 0 Å². The van der Waals surface area contributed by atoms with Crippen LogP contribution in [0.5, 0.6) is 0 Å². The summed E-state index contributed by atoms with van der Waals surface area (Å²) in [5.41, 5.74) is -1.07. The zero-order valence-electron chi connectivity index (χ0n) is 13.2. The monoisotopic (exact) mass is 338 g/mol. The average molecular weight is 338 g/mol. The van der Waals surface area contributed by atoms with Crippen molar-refractivity contribution >= 4 is 21.8 Å². The van der Waals surface area contributed by atoms with E-state index in [0.29, 0.717) is 12.0 Å². The van der Waals surface area contributed by atoms with E-state index in [1.54, 1.807) is 30.3 Å². The maximum absolute atomic E-state index is 12.4. The highest BCUT2D eigenvalue weighted by atomic mass is 32.2. The fourth-order valence-electron chi connectivity index (χ4n) is 2.75. The molecule has 1 unspecified atom stereocenters. The molecule has 0 radical (unpaired) electrons. The first-order valence-electron chi connectivity index (χ1n) is 7.79. The highest BCUT2D eigenvalue weighted by Gasteiger charge is 2.50. The molecule has 1 saturated heterocycles. The van der Waals surface area contributed by atoms with Crippen molar-refractivity contribution in [3.8, 4) is 0 Å². The topological polar surface area (TPSA) is 92.3 Å². The summed E-state index contributed by atoms with van der Waals surface area (Å²) in [5.74, 6) is -1.02. The molecule has 126 valence electrons. The van der Waals surface area contributed by atoms with Gasteiger partial charge in [0.2, 0.25) is 0 Å². The molecule has 6 nitrogen and oxygen atoms in total. The molecular formula is C16H22N2O4S. The number of rotatable bonds is 8. The third-order valence-electron chi connectivity index (χ3n) is 3.95. The van der Waals surface area contributed by atoms with Gasteiger partial charge in [-0.15, -0.1) is 0 Å². The van der Waals surface area contributed by atoms with Crippen LogP contribution in [0.1, 0.15) is 38.2 Å². The number of hydrogen-bond donors (Lipinski definition) is 2. The lowest BCUT2D eigenvalue weighted by Crippen LogP contribution is -2.49. The van der Waals surface area contributed by atoms with E-state index in [1.807, 2.05) is 0 Å². The van der Waals surface area contributed by atoms with Gasteiger partial charge in [0.1, 0.15) is 0 Å². The normalized spacial score (nSPS) is 21.1. The van der Waals surface area contributed by atoms with Crippen LogP contribution in [0.15, 0.2) is 30.3 Å². The van der Waals surface area contributed by atoms with Gasteiger partial charge in [-0.25, -0.2) is 13.2 Å². The predicted octanol–water partition coefficient (Wildman–Crippen LogP) is 1.72. The summed E-state index contributed by atoms with van der Waals surface area (Å²) in [6.45, 7) is 2.05. The Hall–Kier alpha value is -1.89. The van der Waals surface area contributed by atoms with Crippen LogP contribution in [0.4, 0.5) is 4.79 Å². The minimum absolute atomic E-state index is 0.0186. The van der Waals surface area contributed by atoms with E-state index < -0.39 is 33.1 Å². The fourth-order valence-corrected chi connectivity index (χ4v) is 4.57. The van der Waals surface area contributed by atoms with Crippen LogP contribution < -0.4 is 10.6 Å². The molecule has 1 heterocycles. The number of carbonyl (C=O) groups excluding carboxylic acids is 2. The van der Waals surface area contributed by atoms with Crippen LogP contribution in [-0.2, 0) is 20.2 Å². The van der Waals surface area contributed by atoms with Crippen molar-refractivity contribution < 1.29 is 18.0 Å². The Balaban J connectivity index is 2.23. The Labute approximate surface area is 136 Å². The number of carbonyl (C=O) groups is 2. The lowest BCUT2D eigenvalue weighted by Gasteiger charge is -2.26. The first-order valence-corrected chi connectivity index (χ1v) is 9.61. The van der Waals surface area contributed by atoms with E-state index in [-0.39, 0.29) is 5.75 Å². The van der Waals surface area contributed by atoms with Crippen LogP contribution in [0.3, 0.4) is 0 Å². The highest BCUT2D eigenvalue weighted by molar-refractivity contribution is 7.91. The molecule has 1 aliphatic heterocycles. The number of imide groups is 1. The number of benzene rings is 1. The lowest BCUT2D eigenvalue weighted by atomic mass is 9.92. The fraction of sp³-hybridized carbons (Fsp3) is 0.500. The summed E-state index contributed by atoms with van der Waals surface area (Å²) in [5, 5.41) is 4.66. The second kappa shape index (κ2) is 7.12. The van der Waals surface area contributed by atoms with Crippen molar-refractivity contribution in [1.29, 1.82) is 0 Å². The summed E-state index contributed by atoms with van der Waals surface area (Å²) in [6, 6.07) is 7.83. The number of amides is 3. The molecule has 0 aromatic heterocycles. The minimum atomic E-state index is -3.48. The van der Waals surface area contributed by atoms with Gasteiger partial charge >= 0.3 is 6.03 Å². The van der Waals surface area contributed by atoms with Gasteiger partial charge in [-0.05, 0) is 12.0 Å². The van der Waals surface area contributed by atoms with E-state index in [0.717, 1.165) is 19.3 Å². The summed E-state index contributed by atoms with van der Waals surface area (Å²) < 4.78 is 24.9. The van der Waals surface area contributed by atoms with Crippen LogP contribution >= 0.6 is 0 Å². The Morgan fingerprint density at radius 1 is 1.04 bits per heavy atom. The van der Waals surface area contributed by atoms with Crippen LogP contribution in [0.2, 0.25) is 0 Å². The molecule has 0 bridgehead atoms. The Morgan fingerprint density at radius 2 is 1.74 bits per heavy atom. The molecule has 3 amide bonds. The Bertz CT molecular complexity index is 673. The van der Waals surface area contributed by atoms with Crippen molar-refractivity contribution in [3.63, 3.8) is 0 Å². The van der Waals surface area contributed by atoms with E-state index in [1.165, 1.54) is 0 Å². The summed E-state index contributed by atoms with van der Waals surface area (Å²) >= 11 is 0. The van der Waals surface area contributed by atoms with E-state index in [9.17, 15) is 18.0 Å². The zero-order chi connectivity index (χ0) is 16.9. The zero-order valence-corrected chi connectivity index (χ0v) is 14.0. The summed E-state index contributed by atoms with van der Waals surface area (Å²) in [4.78, 5) is 23.9. The van der Waals surface area contributed by atoms with Gasteiger partial charge in [-0.2, -0.15) is 0 Å². The van der Waals surface area contributed by atoms with Gasteiger partial charge in [0.15, 0.2) is 15.4 Å². The standard InChI is InChI=1S/C16H22N2O4S/c1-2-3-4-8-11-23(21,22)12-16(13-9-6-5-7-10-13)14(19)17-15(20)18-16/h5-7,9-10H,2-4,8,11-12H2,1H3,(H2,17,18,19,20). The Kier molecular flexibility index (Phi) is 5.41. The van der Waals surface area contributed by atoms with Gasteiger partial charge in [0.05, 0.1) is 11.5 Å². The molecule has 0 aliphatic carbocycles. The molecule has 1 aromatic carbocycles. The predicted molar refractivity (Wildman–Crippen MR) is 87.6 cm³/mol. The third kappa shape index (κ3) is 4.10. The first-order chi connectivity index (χ1) is 10.9. The molecule has 7 heteroatoms. The van der Waals surface area contributed by atoms with Crippen LogP contribution in [0, 0.1) is 0 Å². The SMILES string of the molecule is CCCCCCS(=O)(=O)CC1(c2ccccc2)NC(=O)NC1=O. The van der Waals surface area contributed by atoms with Gasteiger partial charge < -0.3 is 5.32 Å². The van der Waals surface area contributed by atoms with Gasteiger partial charge in [-0.3, -0.25) is 10.1 Å². The lowest BCUT2D eigenvalue weighted by molar-refractivity contribution is -0.123. The van der Waals surface area contributed by atoms with Gasteiger partial charge in [-0.1, -0.05) is 56.5 Å². The molecule has 1 atom stereocenters. The van der Waals surface area contributed by atoms with Crippen LogP contribution in [0.25, 0.3) is 0 Å². The molecule has 2 N–H and O–H groups in total. The van der Waals surface area contributed by atoms with E-state index >= 15 is 0 Å². The number of nitrogens with one attached hydrogen (secondary N) is 2. The van der Waals surface area contributed by atoms with Gasteiger partial charge in [0, 0.05) is 0 Å². The number of hydrogen-bond acceptors (Lipinski definition) is 4. The quantitative estimate of drug-likeness (QED) is 0.557. The van der Waals surface area contributed by atoms with Crippen molar-refractivity contribution in [2.75, 3.05) is 11.5 Å². The van der Waals surface area contributed by atoms with Crippen LogP contribution in [-0.4, -0.2) is 31.9 Å². The Morgan fingerprint density at radius 3 is 2.30 bits per heavy atom. The molecule has 1 aromatic rings. The van der Waals surface area contributed by atoms with Gasteiger partial charge in [0.25, 0.3) is 5.91 Å². The van der Waals surface area contributed by atoms with Crippen molar-refractivity contribution in [2.45, 2.75) is 38.1 Å². The van der Waals surface area contributed by atoms with E-state index in [2.05, 4.69) is 17.6 Å². The largest absolute Gasteiger partial charge is 0.322 e. The third-order valence-corrected chi connectivity index (χ3v) is 5.74. The minimum Gasteiger partial charge on any atom is -0.319 e. The number of unbranched alkanes of at least 4 members (excludes halogenated alkanes) is 3. The molecule has 1 aliphatic rings. The van der Waals surface area contributed by atoms with Crippen molar-refractivity contribution in [3.05, 3.63) is 35.9 Å². The number of urea groups is 1. The molecule has 1 fully saturated rings. The molecule has 23 heavy (non-hydrogen) atoms. The van der Waals surface area contributed by atoms with Crippen molar-refractivity contribution in [2.24, 2.45) is 0 Å². The maximum atomic E-state index is 12.4. The number of sulfone groups is 1. The first kappa shape index (κ1) is 17.5. The summed E-state index contributed by atoms with van der Waals surface area (Å²) in [7, 11) is -3.48. The molecule has 0 saturated carbocycles. The molecular weight excluding hydrogens is 316 g/mol. The second-order valence-electron chi connectivity index (χ2n) is 5.83. The maximum Gasteiger partial charge on any atom is 0.322 e. The molecule has 0 spiro atoms. The second-order valence-corrected chi connectivity index (χ2v) is 8.02. The average Bonchev–Trinajstić information content (AvgIpc) is 2.79. The highest BCUT2D eigenvalue weighted by Crippen LogP contribution is 2.27. The molecule has 2 rings (SSSR count). The summed E-state index contributed by atoms with van der Waals surface area (Å²) in [6.07, 6.45) is 3.41. The van der Waals surface area contributed by atoms with Crippen molar-refractivity contribution in [1.82, 2.24) is 10.6 Å². The smallest absolute Gasteiger partial charge is 0.319 e.